The van der Waals surface area contributed by atoms with E-state index in [-0.39, 0.29) is 0 Å². The van der Waals surface area contributed by atoms with E-state index < -0.39 is 0 Å². The van der Waals surface area contributed by atoms with Crippen LogP contribution in [0.4, 0.5) is 0 Å². The van der Waals surface area contributed by atoms with Gasteiger partial charge in [-0.05, 0) is 57.6 Å². The van der Waals surface area contributed by atoms with Crippen molar-refractivity contribution in [2.45, 2.75) is 18.8 Å². The van der Waals surface area contributed by atoms with Crippen LogP contribution in [0.1, 0.15) is 29.9 Å². The van der Waals surface area contributed by atoms with Gasteiger partial charge in [0, 0.05) is 12.5 Å². The summed E-state index contributed by atoms with van der Waals surface area (Å²) in [5, 5.41) is 3.50. The van der Waals surface area contributed by atoms with Crippen LogP contribution in [0.3, 0.4) is 0 Å². The second-order valence-electron chi connectivity index (χ2n) is 4.83. The Kier molecular flexibility index (Phi) is 2.48. The fraction of sp³-hybridized carbons (Fsp3) is 0.538. The zero-order chi connectivity index (χ0) is 11.3. The van der Waals surface area contributed by atoms with Gasteiger partial charge in [0.15, 0.2) is 0 Å². The molecule has 0 unspecified atom stereocenters. The molecule has 2 nitrogen and oxygen atoms in total. The molecule has 1 fully saturated rings. The van der Waals surface area contributed by atoms with Crippen LogP contribution in [0.15, 0.2) is 16.6 Å². The molecule has 3 heteroatoms. The van der Waals surface area contributed by atoms with Gasteiger partial charge in [-0.2, -0.15) is 0 Å². The summed E-state index contributed by atoms with van der Waals surface area (Å²) in [6.45, 7) is 4.61. The number of hydrogen-bond donors (Lipinski definition) is 1. The van der Waals surface area contributed by atoms with Crippen LogP contribution in [0.2, 0.25) is 0 Å². The van der Waals surface area contributed by atoms with Gasteiger partial charge < -0.3 is 10.1 Å². The molecule has 1 aliphatic carbocycles. The normalized spacial score (nSPS) is 31.3. The molecule has 86 valence electrons. The standard InChI is InChI=1S/C13H16BrNO/c1-7-8-3-12(14)13(16-2)4-9(8)11-6-15-5-10(7)11/h3-4,7,10-11,15H,5-6H2,1-2H3/t7-,10-,11+/m0/s1. The maximum absolute atomic E-state index is 5.39. The summed E-state index contributed by atoms with van der Waals surface area (Å²) in [6.07, 6.45) is 0. The Morgan fingerprint density at radius 3 is 2.88 bits per heavy atom. The number of benzene rings is 1. The monoisotopic (exact) mass is 281 g/mol. The van der Waals surface area contributed by atoms with Crippen molar-refractivity contribution in [2.24, 2.45) is 5.92 Å². The third-order valence-electron chi connectivity index (χ3n) is 4.15. The zero-order valence-electron chi connectivity index (χ0n) is 9.59. The predicted molar refractivity (Wildman–Crippen MR) is 68.2 cm³/mol. The van der Waals surface area contributed by atoms with Crippen molar-refractivity contribution in [3.63, 3.8) is 0 Å². The number of rotatable bonds is 1. The summed E-state index contributed by atoms with van der Waals surface area (Å²) in [7, 11) is 1.73. The lowest BCUT2D eigenvalue weighted by Gasteiger charge is -2.12. The van der Waals surface area contributed by atoms with E-state index in [4.69, 9.17) is 4.74 Å². The van der Waals surface area contributed by atoms with E-state index in [2.05, 4.69) is 40.3 Å². The van der Waals surface area contributed by atoms with Gasteiger partial charge >= 0.3 is 0 Å². The number of hydrogen-bond acceptors (Lipinski definition) is 2. The molecular formula is C13H16BrNO. The summed E-state index contributed by atoms with van der Waals surface area (Å²) in [4.78, 5) is 0. The highest BCUT2D eigenvalue weighted by Gasteiger charge is 2.41. The van der Waals surface area contributed by atoms with Crippen molar-refractivity contribution in [3.05, 3.63) is 27.7 Å². The lowest BCUT2D eigenvalue weighted by Crippen LogP contribution is -2.12. The smallest absolute Gasteiger partial charge is 0.133 e. The van der Waals surface area contributed by atoms with E-state index >= 15 is 0 Å². The molecular weight excluding hydrogens is 266 g/mol. The first kappa shape index (κ1) is 10.6. The molecule has 16 heavy (non-hydrogen) atoms. The Balaban J connectivity index is 2.12. The summed E-state index contributed by atoms with van der Waals surface area (Å²) < 4.78 is 6.46. The number of ether oxygens (including phenoxy) is 1. The molecule has 2 aliphatic rings. The first-order chi connectivity index (χ1) is 7.72. The number of halogens is 1. The van der Waals surface area contributed by atoms with Crippen LogP contribution in [-0.4, -0.2) is 20.2 Å². The highest BCUT2D eigenvalue weighted by molar-refractivity contribution is 9.10. The largest absolute Gasteiger partial charge is 0.496 e. The summed E-state index contributed by atoms with van der Waals surface area (Å²) in [6, 6.07) is 4.46. The fourth-order valence-electron chi connectivity index (χ4n) is 3.25. The Bertz CT molecular complexity index is 432. The summed E-state index contributed by atoms with van der Waals surface area (Å²) in [5.74, 6) is 3.08. The predicted octanol–water partition coefficient (Wildman–Crippen LogP) is 2.88. The van der Waals surface area contributed by atoms with Crippen LogP contribution >= 0.6 is 15.9 Å². The molecule has 1 aromatic carbocycles. The quantitative estimate of drug-likeness (QED) is 0.855. The first-order valence-corrected chi connectivity index (χ1v) is 6.59. The van der Waals surface area contributed by atoms with E-state index in [1.807, 2.05) is 0 Å². The molecule has 0 spiro atoms. The zero-order valence-corrected chi connectivity index (χ0v) is 11.2. The highest BCUT2D eigenvalue weighted by atomic mass is 79.9. The molecule has 0 radical (unpaired) electrons. The van der Waals surface area contributed by atoms with Crippen LogP contribution in [0.25, 0.3) is 0 Å². The van der Waals surface area contributed by atoms with Crippen LogP contribution in [-0.2, 0) is 0 Å². The Hall–Kier alpha value is -0.540. The van der Waals surface area contributed by atoms with Gasteiger partial charge in [0.2, 0.25) is 0 Å². The molecule has 3 rings (SSSR count). The maximum Gasteiger partial charge on any atom is 0.133 e. The molecule has 1 aromatic rings. The van der Waals surface area contributed by atoms with Crippen molar-refractivity contribution < 1.29 is 4.74 Å². The van der Waals surface area contributed by atoms with E-state index in [9.17, 15) is 0 Å². The topological polar surface area (TPSA) is 21.3 Å². The molecule has 0 saturated carbocycles. The Morgan fingerprint density at radius 1 is 1.31 bits per heavy atom. The molecule has 1 saturated heterocycles. The van der Waals surface area contributed by atoms with Gasteiger partial charge in [0.1, 0.15) is 5.75 Å². The number of nitrogens with one attached hydrogen (secondary N) is 1. The van der Waals surface area contributed by atoms with Gasteiger partial charge in [-0.1, -0.05) is 6.92 Å². The van der Waals surface area contributed by atoms with Crippen LogP contribution in [0, 0.1) is 5.92 Å². The minimum atomic E-state index is 0.664. The average molecular weight is 282 g/mol. The molecule has 3 atom stereocenters. The van der Waals surface area contributed by atoms with Crippen LogP contribution < -0.4 is 10.1 Å². The highest BCUT2D eigenvalue weighted by Crippen LogP contribution is 2.50. The minimum absolute atomic E-state index is 0.664. The van der Waals surface area contributed by atoms with Crippen molar-refractivity contribution in [3.8, 4) is 5.75 Å². The van der Waals surface area contributed by atoms with Gasteiger partial charge in [-0.3, -0.25) is 0 Å². The minimum Gasteiger partial charge on any atom is -0.496 e. The SMILES string of the molecule is COc1cc2c(cc1Br)[C@H](C)[C@@H]1CNC[C@H]21. The molecule has 0 bridgehead atoms. The van der Waals surface area contributed by atoms with Crippen LogP contribution in [0.5, 0.6) is 5.75 Å². The fourth-order valence-corrected chi connectivity index (χ4v) is 3.77. The van der Waals surface area contributed by atoms with Gasteiger partial charge in [0.05, 0.1) is 11.6 Å². The average Bonchev–Trinajstić information content (AvgIpc) is 2.83. The lowest BCUT2D eigenvalue weighted by atomic mass is 9.91. The second-order valence-corrected chi connectivity index (χ2v) is 5.69. The van der Waals surface area contributed by atoms with Gasteiger partial charge in [-0.25, -0.2) is 0 Å². The van der Waals surface area contributed by atoms with Crippen molar-refractivity contribution in [2.75, 3.05) is 20.2 Å². The van der Waals surface area contributed by atoms with E-state index in [1.54, 1.807) is 7.11 Å². The van der Waals surface area contributed by atoms with Crippen molar-refractivity contribution >= 4 is 15.9 Å². The Labute approximate surface area is 105 Å². The van der Waals surface area contributed by atoms with Crippen molar-refractivity contribution in [1.29, 1.82) is 0 Å². The van der Waals surface area contributed by atoms with Gasteiger partial charge in [-0.15, -0.1) is 0 Å². The number of methoxy groups -OCH3 is 1. The molecule has 1 aliphatic heterocycles. The molecule has 1 heterocycles. The van der Waals surface area contributed by atoms with Gasteiger partial charge in [0.25, 0.3) is 0 Å². The Morgan fingerprint density at radius 2 is 2.12 bits per heavy atom. The van der Waals surface area contributed by atoms with Crippen molar-refractivity contribution in [1.82, 2.24) is 5.32 Å². The third-order valence-corrected chi connectivity index (χ3v) is 4.77. The third kappa shape index (κ3) is 1.34. The molecule has 0 amide bonds. The number of fused-ring (bicyclic) bond motifs is 3. The van der Waals surface area contributed by atoms with E-state index in [1.165, 1.54) is 11.1 Å². The first-order valence-electron chi connectivity index (χ1n) is 5.80. The van der Waals surface area contributed by atoms with E-state index in [0.717, 1.165) is 29.2 Å². The molecule has 0 aromatic heterocycles. The second kappa shape index (κ2) is 3.74. The lowest BCUT2D eigenvalue weighted by molar-refractivity contribution is 0.411. The maximum atomic E-state index is 5.39. The summed E-state index contributed by atoms with van der Waals surface area (Å²) in [5.41, 5.74) is 2.99. The summed E-state index contributed by atoms with van der Waals surface area (Å²) >= 11 is 3.58. The molecule has 1 N–H and O–H groups in total. The van der Waals surface area contributed by atoms with E-state index in [0.29, 0.717) is 11.8 Å².